The molecule has 1 unspecified atom stereocenters. The van der Waals surface area contributed by atoms with Crippen LogP contribution in [0.15, 0.2) is 84.9 Å². The van der Waals surface area contributed by atoms with Gasteiger partial charge in [0.2, 0.25) is 21.8 Å². The molecule has 0 aliphatic carbocycles. The zero-order chi connectivity index (χ0) is 26.1. The molecule has 0 aliphatic rings. The van der Waals surface area contributed by atoms with Crippen LogP contribution in [0.1, 0.15) is 23.6 Å². The van der Waals surface area contributed by atoms with E-state index < -0.39 is 22.0 Å². The van der Waals surface area contributed by atoms with Gasteiger partial charge in [-0.3, -0.25) is 9.59 Å². The Hall–Kier alpha value is -3.20. The fraction of sp³-hybridized carbons (Fsp3) is 0.259. The number of sulfonamides is 1. The Kier molecular flexibility index (Phi) is 9.64. The third kappa shape index (κ3) is 7.91. The van der Waals surface area contributed by atoms with Crippen LogP contribution in [0, 0.1) is 0 Å². The standard InChI is InChI=1S/C27H30ClN3O4S/c1-21(27(33)29-17-24-15-9-10-16-25(24)28)31(19-23-13-7-4-8-14-23)26(32)20-30(36(2,34)35)18-22-11-5-3-6-12-22/h3-16,21H,17-20H2,1-2H3,(H,29,33). The van der Waals surface area contributed by atoms with Crippen LogP contribution in [0.2, 0.25) is 5.02 Å². The summed E-state index contributed by atoms with van der Waals surface area (Å²) in [5.74, 6) is -0.839. The predicted molar refractivity (Wildman–Crippen MR) is 141 cm³/mol. The number of halogens is 1. The van der Waals surface area contributed by atoms with E-state index in [1.165, 1.54) is 4.90 Å². The van der Waals surface area contributed by atoms with Crippen molar-refractivity contribution in [3.05, 3.63) is 107 Å². The van der Waals surface area contributed by atoms with Gasteiger partial charge in [0, 0.05) is 24.7 Å². The number of benzene rings is 3. The Morgan fingerprint density at radius 1 is 0.861 bits per heavy atom. The summed E-state index contributed by atoms with van der Waals surface area (Å²) in [5.41, 5.74) is 2.34. The Bertz CT molecular complexity index is 1270. The van der Waals surface area contributed by atoms with E-state index in [4.69, 9.17) is 11.6 Å². The zero-order valence-electron chi connectivity index (χ0n) is 20.3. The molecule has 3 aromatic carbocycles. The minimum absolute atomic E-state index is 0.0532. The second-order valence-corrected chi connectivity index (χ2v) is 10.9. The number of carbonyl (C=O) groups is 2. The lowest BCUT2D eigenvalue weighted by Gasteiger charge is -2.31. The molecule has 3 aromatic rings. The van der Waals surface area contributed by atoms with Gasteiger partial charge in [0.25, 0.3) is 0 Å². The number of carbonyl (C=O) groups excluding carboxylic acids is 2. The largest absolute Gasteiger partial charge is 0.350 e. The van der Waals surface area contributed by atoms with E-state index in [0.717, 1.165) is 27.3 Å². The average molecular weight is 528 g/mol. The van der Waals surface area contributed by atoms with Gasteiger partial charge in [-0.05, 0) is 29.7 Å². The van der Waals surface area contributed by atoms with Crippen LogP contribution in [-0.2, 0) is 39.2 Å². The molecule has 1 atom stereocenters. The monoisotopic (exact) mass is 527 g/mol. The molecular formula is C27H30ClN3O4S. The second-order valence-electron chi connectivity index (χ2n) is 8.51. The molecule has 1 N–H and O–H groups in total. The van der Waals surface area contributed by atoms with Gasteiger partial charge in [0.1, 0.15) is 6.04 Å². The van der Waals surface area contributed by atoms with Crippen LogP contribution < -0.4 is 5.32 Å². The highest BCUT2D eigenvalue weighted by molar-refractivity contribution is 7.88. The minimum atomic E-state index is -3.69. The van der Waals surface area contributed by atoms with E-state index in [1.54, 1.807) is 31.2 Å². The van der Waals surface area contributed by atoms with Gasteiger partial charge in [-0.2, -0.15) is 4.31 Å². The summed E-state index contributed by atoms with van der Waals surface area (Å²) in [5, 5.41) is 3.37. The summed E-state index contributed by atoms with van der Waals surface area (Å²) >= 11 is 6.20. The van der Waals surface area contributed by atoms with Gasteiger partial charge in [-0.25, -0.2) is 8.42 Å². The van der Waals surface area contributed by atoms with E-state index in [9.17, 15) is 18.0 Å². The number of nitrogens with one attached hydrogen (secondary N) is 1. The lowest BCUT2D eigenvalue weighted by Crippen LogP contribution is -2.50. The maximum atomic E-state index is 13.5. The highest BCUT2D eigenvalue weighted by Crippen LogP contribution is 2.16. The molecule has 0 bridgehead atoms. The van der Waals surface area contributed by atoms with Gasteiger partial charge in [-0.15, -0.1) is 0 Å². The Morgan fingerprint density at radius 3 is 1.94 bits per heavy atom. The van der Waals surface area contributed by atoms with Crippen LogP contribution >= 0.6 is 11.6 Å². The van der Waals surface area contributed by atoms with Gasteiger partial charge >= 0.3 is 0 Å². The maximum Gasteiger partial charge on any atom is 0.242 e. The lowest BCUT2D eigenvalue weighted by atomic mass is 10.1. The van der Waals surface area contributed by atoms with Crippen LogP contribution in [0.25, 0.3) is 0 Å². The normalized spacial score (nSPS) is 12.2. The predicted octanol–water partition coefficient (Wildman–Crippen LogP) is 3.84. The minimum Gasteiger partial charge on any atom is -0.350 e. The van der Waals surface area contributed by atoms with Gasteiger partial charge in [0.05, 0.1) is 12.8 Å². The summed E-state index contributed by atoms with van der Waals surface area (Å²) in [7, 11) is -3.69. The highest BCUT2D eigenvalue weighted by Gasteiger charge is 2.29. The third-order valence-electron chi connectivity index (χ3n) is 5.76. The van der Waals surface area contributed by atoms with Crippen LogP contribution in [-0.4, -0.2) is 48.3 Å². The molecule has 2 amide bonds. The van der Waals surface area contributed by atoms with Crippen molar-refractivity contribution in [1.29, 1.82) is 0 Å². The Labute approximate surface area is 217 Å². The van der Waals surface area contributed by atoms with Crippen LogP contribution in [0.4, 0.5) is 0 Å². The van der Waals surface area contributed by atoms with Crippen molar-refractivity contribution < 1.29 is 18.0 Å². The molecule has 0 spiro atoms. The van der Waals surface area contributed by atoms with Crippen molar-refractivity contribution >= 4 is 33.4 Å². The van der Waals surface area contributed by atoms with E-state index in [-0.39, 0.29) is 32.1 Å². The maximum absolute atomic E-state index is 13.5. The Morgan fingerprint density at radius 2 is 1.39 bits per heavy atom. The van der Waals surface area contributed by atoms with Crippen molar-refractivity contribution in [3.63, 3.8) is 0 Å². The molecule has 0 aromatic heterocycles. The van der Waals surface area contributed by atoms with Crippen molar-refractivity contribution in [2.24, 2.45) is 0 Å². The first-order valence-corrected chi connectivity index (χ1v) is 13.7. The zero-order valence-corrected chi connectivity index (χ0v) is 21.9. The summed E-state index contributed by atoms with van der Waals surface area (Å²) in [4.78, 5) is 27.9. The molecule has 0 saturated carbocycles. The number of hydrogen-bond donors (Lipinski definition) is 1. The van der Waals surface area contributed by atoms with Crippen molar-refractivity contribution in [3.8, 4) is 0 Å². The van der Waals surface area contributed by atoms with Crippen molar-refractivity contribution in [1.82, 2.24) is 14.5 Å². The fourth-order valence-corrected chi connectivity index (χ4v) is 4.58. The first kappa shape index (κ1) is 27.4. The first-order valence-electron chi connectivity index (χ1n) is 11.5. The second kappa shape index (κ2) is 12.7. The van der Waals surface area contributed by atoms with E-state index in [2.05, 4.69) is 5.32 Å². The van der Waals surface area contributed by atoms with E-state index in [1.807, 2.05) is 60.7 Å². The topological polar surface area (TPSA) is 86.8 Å². The molecule has 9 heteroatoms. The molecule has 7 nitrogen and oxygen atoms in total. The summed E-state index contributed by atoms with van der Waals surface area (Å²) in [6.07, 6.45) is 1.07. The average Bonchev–Trinajstić information content (AvgIpc) is 2.86. The summed E-state index contributed by atoms with van der Waals surface area (Å²) in [6, 6.07) is 24.7. The van der Waals surface area contributed by atoms with Crippen molar-refractivity contribution in [2.75, 3.05) is 12.8 Å². The molecule has 0 heterocycles. The van der Waals surface area contributed by atoms with Gasteiger partial charge in [-0.1, -0.05) is 90.5 Å². The molecule has 0 radical (unpaired) electrons. The first-order chi connectivity index (χ1) is 17.1. The smallest absolute Gasteiger partial charge is 0.242 e. The van der Waals surface area contributed by atoms with Crippen LogP contribution in [0.3, 0.4) is 0 Å². The van der Waals surface area contributed by atoms with Gasteiger partial charge in [0.15, 0.2) is 0 Å². The number of rotatable bonds is 11. The SMILES string of the molecule is CC(C(=O)NCc1ccccc1Cl)N(Cc1ccccc1)C(=O)CN(Cc1ccccc1)S(C)(=O)=O. The lowest BCUT2D eigenvalue weighted by molar-refractivity contribution is -0.140. The molecule has 0 saturated heterocycles. The molecular weight excluding hydrogens is 498 g/mol. The fourth-order valence-electron chi connectivity index (χ4n) is 3.65. The number of amides is 2. The number of hydrogen-bond acceptors (Lipinski definition) is 4. The van der Waals surface area contributed by atoms with Gasteiger partial charge < -0.3 is 10.2 Å². The van der Waals surface area contributed by atoms with Crippen LogP contribution in [0.5, 0.6) is 0 Å². The molecule has 190 valence electrons. The quantitative estimate of drug-likeness (QED) is 0.410. The molecule has 0 aliphatic heterocycles. The van der Waals surface area contributed by atoms with E-state index in [0.29, 0.717) is 5.02 Å². The number of nitrogens with zero attached hydrogens (tertiary/aromatic N) is 2. The molecule has 3 rings (SSSR count). The molecule has 36 heavy (non-hydrogen) atoms. The van der Waals surface area contributed by atoms with E-state index >= 15 is 0 Å². The van der Waals surface area contributed by atoms with Crippen molar-refractivity contribution in [2.45, 2.75) is 32.6 Å². The summed E-state index contributed by atoms with van der Waals surface area (Å²) < 4.78 is 26.1. The third-order valence-corrected chi connectivity index (χ3v) is 7.32. The highest BCUT2D eigenvalue weighted by atomic mass is 35.5. The molecule has 0 fully saturated rings. The summed E-state index contributed by atoms with van der Waals surface area (Å²) in [6.45, 7) is 1.66. The Balaban J connectivity index is 1.79.